The van der Waals surface area contributed by atoms with Crippen molar-refractivity contribution in [2.24, 2.45) is 0 Å². The van der Waals surface area contributed by atoms with Crippen molar-refractivity contribution < 1.29 is 13.2 Å². The molecule has 0 bridgehead atoms. The van der Waals surface area contributed by atoms with Crippen molar-refractivity contribution in [3.63, 3.8) is 0 Å². The molecular weight excluding hydrogens is 408 g/mol. The Morgan fingerprint density at radius 2 is 1.42 bits per heavy atom. The van der Waals surface area contributed by atoms with E-state index >= 15 is 0 Å². The first kappa shape index (κ1) is 22.7. The van der Waals surface area contributed by atoms with Crippen LogP contribution < -0.4 is 5.32 Å². The first-order valence-corrected chi connectivity index (χ1v) is 11.9. The molecule has 0 unspecified atom stereocenters. The molecule has 0 heterocycles. The highest BCUT2D eigenvalue weighted by Crippen LogP contribution is 2.20. The summed E-state index contributed by atoms with van der Waals surface area (Å²) in [5.41, 5.74) is 3.38. The molecule has 1 N–H and O–H groups in total. The van der Waals surface area contributed by atoms with E-state index in [0.29, 0.717) is 24.3 Å². The normalized spacial score (nSPS) is 11.5. The summed E-state index contributed by atoms with van der Waals surface area (Å²) < 4.78 is 26.6. The number of hydrogen-bond donors (Lipinski definition) is 1. The van der Waals surface area contributed by atoms with Gasteiger partial charge in [-0.25, -0.2) is 8.42 Å². The highest BCUT2D eigenvalue weighted by atomic mass is 32.2. The van der Waals surface area contributed by atoms with Gasteiger partial charge in [0, 0.05) is 24.3 Å². The minimum absolute atomic E-state index is 0.206. The maximum Gasteiger partial charge on any atom is 0.255 e. The van der Waals surface area contributed by atoms with Crippen molar-refractivity contribution in [2.45, 2.75) is 31.6 Å². The summed E-state index contributed by atoms with van der Waals surface area (Å²) in [7, 11) is -3.52. The Morgan fingerprint density at radius 3 is 2.06 bits per heavy atom. The van der Waals surface area contributed by atoms with Crippen molar-refractivity contribution >= 4 is 21.6 Å². The standard InChI is InChI=1S/C25H28N2O3S/c1-3-27(4-2)31(29,30)23-18-16-22(17-19-23)26-25(28)24-13-9-8-12-21(24)15-14-20-10-6-5-7-11-20/h5-13,16-19H,3-4,14-15H2,1-2H3,(H,26,28). The fourth-order valence-corrected chi connectivity index (χ4v) is 4.96. The van der Waals surface area contributed by atoms with Gasteiger partial charge in [-0.05, 0) is 54.3 Å². The number of benzene rings is 3. The molecular formula is C25H28N2O3S. The van der Waals surface area contributed by atoms with Crippen LogP contribution in [0, 0.1) is 0 Å². The zero-order valence-electron chi connectivity index (χ0n) is 17.9. The summed E-state index contributed by atoms with van der Waals surface area (Å²) in [4.78, 5) is 13.1. The SMILES string of the molecule is CCN(CC)S(=O)(=O)c1ccc(NC(=O)c2ccccc2CCc2ccccc2)cc1. The fraction of sp³-hybridized carbons (Fsp3) is 0.240. The van der Waals surface area contributed by atoms with Gasteiger partial charge in [0.25, 0.3) is 5.91 Å². The second kappa shape index (κ2) is 10.4. The molecule has 0 saturated heterocycles. The molecule has 5 nitrogen and oxygen atoms in total. The van der Waals surface area contributed by atoms with Gasteiger partial charge in [0.05, 0.1) is 4.90 Å². The number of hydrogen-bond acceptors (Lipinski definition) is 3. The van der Waals surface area contributed by atoms with E-state index in [2.05, 4.69) is 17.4 Å². The lowest BCUT2D eigenvalue weighted by Gasteiger charge is -2.18. The number of anilines is 1. The summed E-state index contributed by atoms with van der Waals surface area (Å²) in [5.74, 6) is -0.206. The van der Waals surface area contributed by atoms with E-state index in [-0.39, 0.29) is 10.8 Å². The number of carbonyl (C=O) groups excluding carboxylic acids is 1. The Hall–Kier alpha value is -2.96. The molecule has 0 spiro atoms. The largest absolute Gasteiger partial charge is 0.322 e. The summed E-state index contributed by atoms with van der Waals surface area (Å²) >= 11 is 0. The molecule has 1 amide bonds. The molecule has 0 aliphatic heterocycles. The van der Waals surface area contributed by atoms with Gasteiger partial charge in [-0.3, -0.25) is 4.79 Å². The maximum absolute atomic E-state index is 12.9. The lowest BCUT2D eigenvalue weighted by molar-refractivity contribution is 0.102. The van der Waals surface area contributed by atoms with Gasteiger partial charge in [0.15, 0.2) is 0 Å². The molecule has 3 rings (SSSR count). The molecule has 0 saturated carbocycles. The average molecular weight is 437 g/mol. The molecule has 0 atom stereocenters. The van der Waals surface area contributed by atoms with Crippen LogP contribution in [0.15, 0.2) is 83.8 Å². The van der Waals surface area contributed by atoms with E-state index in [1.807, 2.05) is 56.3 Å². The van der Waals surface area contributed by atoms with E-state index in [1.165, 1.54) is 22.0 Å². The number of carbonyl (C=O) groups is 1. The molecule has 0 aliphatic carbocycles. The van der Waals surface area contributed by atoms with Crippen molar-refractivity contribution in [1.82, 2.24) is 4.31 Å². The topological polar surface area (TPSA) is 66.5 Å². The van der Waals surface area contributed by atoms with Crippen molar-refractivity contribution in [1.29, 1.82) is 0 Å². The lowest BCUT2D eigenvalue weighted by Crippen LogP contribution is -2.30. The number of rotatable bonds is 9. The number of aryl methyl sites for hydroxylation is 2. The van der Waals surface area contributed by atoms with Gasteiger partial charge < -0.3 is 5.32 Å². The van der Waals surface area contributed by atoms with E-state index in [9.17, 15) is 13.2 Å². The highest BCUT2D eigenvalue weighted by Gasteiger charge is 2.21. The van der Waals surface area contributed by atoms with Gasteiger partial charge in [-0.15, -0.1) is 0 Å². The smallest absolute Gasteiger partial charge is 0.255 e. The van der Waals surface area contributed by atoms with Crippen LogP contribution in [-0.2, 0) is 22.9 Å². The van der Waals surface area contributed by atoms with Crippen LogP contribution >= 0.6 is 0 Å². The Labute approximate surface area is 184 Å². The third-order valence-corrected chi connectivity index (χ3v) is 7.31. The summed E-state index contributed by atoms with van der Waals surface area (Å²) in [5, 5.41) is 2.89. The minimum atomic E-state index is -3.52. The Balaban J connectivity index is 1.72. The zero-order valence-corrected chi connectivity index (χ0v) is 18.7. The number of nitrogens with zero attached hydrogens (tertiary/aromatic N) is 1. The molecule has 6 heteroatoms. The number of nitrogens with one attached hydrogen (secondary N) is 1. The molecule has 162 valence electrons. The van der Waals surface area contributed by atoms with E-state index in [0.717, 1.165) is 18.4 Å². The summed E-state index contributed by atoms with van der Waals surface area (Å²) in [6.45, 7) is 4.45. The van der Waals surface area contributed by atoms with Crippen LogP contribution in [0.2, 0.25) is 0 Å². The van der Waals surface area contributed by atoms with Crippen molar-refractivity contribution in [2.75, 3.05) is 18.4 Å². The van der Waals surface area contributed by atoms with Gasteiger partial charge in [0.1, 0.15) is 0 Å². The van der Waals surface area contributed by atoms with Gasteiger partial charge in [-0.2, -0.15) is 4.31 Å². The van der Waals surface area contributed by atoms with Crippen LogP contribution in [-0.4, -0.2) is 31.7 Å². The maximum atomic E-state index is 12.9. The monoisotopic (exact) mass is 436 g/mol. The van der Waals surface area contributed by atoms with Crippen LogP contribution in [0.4, 0.5) is 5.69 Å². The Bertz CT molecular complexity index is 1110. The molecule has 0 radical (unpaired) electrons. The first-order valence-electron chi connectivity index (χ1n) is 10.5. The van der Waals surface area contributed by atoms with Gasteiger partial charge in [0.2, 0.25) is 10.0 Å². The van der Waals surface area contributed by atoms with E-state index in [4.69, 9.17) is 0 Å². The molecule has 3 aromatic rings. The predicted molar refractivity (Wildman–Crippen MR) is 125 cm³/mol. The summed E-state index contributed by atoms with van der Waals surface area (Å²) in [6, 6.07) is 24.1. The highest BCUT2D eigenvalue weighted by molar-refractivity contribution is 7.89. The van der Waals surface area contributed by atoms with Crippen LogP contribution in [0.1, 0.15) is 35.3 Å². The molecule has 31 heavy (non-hydrogen) atoms. The van der Waals surface area contributed by atoms with E-state index in [1.54, 1.807) is 12.1 Å². The molecule has 3 aromatic carbocycles. The van der Waals surface area contributed by atoms with Crippen LogP contribution in [0.3, 0.4) is 0 Å². The predicted octanol–water partition coefficient (Wildman–Crippen LogP) is 4.75. The second-order valence-electron chi connectivity index (χ2n) is 7.21. The fourth-order valence-electron chi connectivity index (χ4n) is 3.50. The quantitative estimate of drug-likeness (QED) is 0.526. The van der Waals surface area contributed by atoms with Gasteiger partial charge >= 0.3 is 0 Å². The average Bonchev–Trinajstić information content (AvgIpc) is 2.79. The van der Waals surface area contributed by atoms with Gasteiger partial charge in [-0.1, -0.05) is 62.4 Å². The number of amides is 1. The van der Waals surface area contributed by atoms with Crippen LogP contribution in [0.5, 0.6) is 0 Å². The Kier molecular flexibility index (Phi) is 7.60. The summed E-state index contributed by atoms with van der Waals surface area (Å²) in [6.07, 6.45) is 1.61. The molecule has 0 aliphatic rings. The second-order valence-corrected chi connectivity index (χ2v) is 9.15. The lowest BCUT2D eigenvalue weighted by atomic mass is 9.99. The van der Waals surface area contributed by atoms with E-state index < -0.39 is 10.0 Å². The van der Waals surface area contributed by atoms with Crippen molar-refractivity contribution in [3.8, 4) is 0 Å². The molecule has 0 fully saturated rings. The first-order chi connectivity index (χ1) is 15.0. The Morgan fingerprint density at radius 1 is 0.806 bits per heavy atom. The minimum Gasteiger partial charge on any atom is -0.322 e. The third kappa shape index (κ3) is 5.60. The third-order valence-electron chi connectivity index (χ3n) is 5.24. The van der Waals surface area contributed by atoms with Crippen molar-refractivity contribution in [3.05, 3.63) is 95.6 Å². The zero-order chi connectivity index (χ0) is 22.3. The molecule has 0 aromatic heterocycles. The number of sulfonamides is 1. The van der Waals surface area contributed by atoms with Crippen LogP contribution in [0.25, 0.3) is 0 Å².